The number of hydrogen-bond donors (Lipinski definition) is 1. The molecule has 7 aliphatic heterocycles. The van der Waals surface area contributed by atoms with Gasteiger partial charge < -0.3 is 58.5 Å². The van der Waals surface area contributed by atoms with Crippen LogP contribution in [0.1, 0.15) is 77.4 Å². The minimum absolute atomic E-state index is 0.0305. The first-order chi connectivity index (χ1) is 35.4. The predicted molar refractivity (Wildman–Crippen MR) is 270 cm³/mol. The van der Waals surface area contributed by atoms with Gasteiger partial charge in [0.25, 0.3) is 12.9 Å². The monoisotopic (exact) mass is 1060 g/mol. The Bertz CT molecular complexity index is 2560. The standard InChI is InChI=1S/C19H23F2N7O2.C15H22BF2N3O2.C13H18ClN5O2/c20-16(21)13-7-15(22)23-8-14(13)17-24-18(27-3-5-29-6-4-27)26-19(25-17)28-11-1-2-12(28)10-30-9-11;1-14(2)15(3,4)23-16(22-14)11-8-19-12(20-9-21(5)6)7-10(11)13(17)18;14-11-15-12(18-3-5-20-6-4-18)17-13(16-11)19-9-1-2-10(19)8-21-7-9/h7-8,11-12,16H,1-6,9-10H2,(H2,22,23);7-9,13H,1-6H3;9-10H,1-8H2. The maximum Gasteiger partial charge on any atom is 0.496 e. The number of hydrogen-bond acceptors (Lipinski definition) is 20. The number of aromatic nitrogens is 8. The van der Waals surface area contributed by atoms with Crippen LogP contribution >= 0.6 is 11.6 Å². The van der Waals surface area contributed by atoms with Crippen LogP contribution in [0.5, 0.6) is 0 Å². The normalized spacial score (nSPS) is 24.1. The Morgan fingerprint density at radius 1 is 0.662 bits per heavy atom. The Labute approximate surface area is 432 Å². The number of ether oxygens (including phenoxy) is 4. The molecule has 400 valence electrons. The number of nitrogens with zero attached hydrogens (tertiary/aromatic N) is 14. The molecule has 0 aromatic carbocycles. The topological polar surface area (TPSA) is 213 Å². The Balaban J connectivity index is 0.000000139. The molecule has 4 aromatic rings. The predicted octanol–water partition coefficient (Wildman–Crippen LogP) is 4.93. The summed E-state index contributed by atoms with van der Waals surface area (Å²) in [5.74, 6) is 2.72. The zero-order valence-electron chi connectivity index (χ0n) is 42.4. The quantitative estimate of drug-likeness (QED) is 0.0966. The van der Waals surface area contributed by atoms with E-state index < -0.39 is 31.2 Å². The molecule has 0 amide bonds. The molecule has 4 bridgehead atoms. The highest BCUT2D eigenvalue weighted by Gasteiger charge is 2.53. The van der Waals surface area contributed by atoms with E-state index in [9.17, 15) is 17.6 Å². The van der Waals surface area contributed by atoms with Crippen molar-refractivity contribution in [1.82, 2.24) is 44.8 Å². The summed E-state index contributed by atoms with van der Waals surface area (Å²) in [6.45, 7) is 15.5. The van der Waals surface area contributed by atoms with Gasteiger partial charge in [-0.15, -0.1) is 0 Å². The second kappa shape index (κ2) is 22.8. The fourth-order valence-electron chi connectivity index (χ4n) is 9.68. The number of nitrogens with two attached hydrogens (primary N) is 1. The first-order valence-electron chi connectivity index (χ1n) is 24.9. The number of alkyl halides is 4. The van der Waals surface area contributed by atoms with Crippen molar-refractivity contribution in [2.45, 2.75) is 102 Å². The SMILES string of the molecule is CN(C)C=Nc1cc(C(F)F)c(B2OC(C)(C)C(C)(C)O2)cn1.Clc1nc(N2CCOCC2)nc(N2C3CCC2COC3)n1.Nc1cc(C(F)F)c(-c2nc(N3CCOCC3)nc(N3C4CCC3COC4)n2)cn1. The van der Waals surface area contributed by atoms with Gasteiger partial charge in [-0.3, -0.25) is 0 Å². The summed E-state index contributed by atoms with van der Waals surface area (Å²) in [4.78, 5) is 49.5. The van der Waals surface area contributed by atoms with E-state index in [0.717, 1.165) is 52.0 Å². The van der Waals surface area contributed by atoms with E-state index in [4.69, 9.17) is 50.6 Å². The summed E-state index contributed by atoms with van der Waals surface area (Å²) in [5, 5.41) is 0.257. The molecule has 4 unspecified atom stereocenters. The Hall–Kier alpha value is -5.38. The number of anilines is 5. The molecule has 7 saturated heterocycles. The number of morpholine rings is 4. The highest BCUT2D eigenvalue weighted by atomic mass is 35.5. The van der Waals surface area contributed by atoms with Crippen molar-refractivity contribution in [2.24, 2.45) is 4.99 Å². The van der Waals surface area contributed by atoms with Gasteiger partial charge in [-0.1, -0.05) is 0 Å². The van der Waals surface area contributed by atoms with Gasteiger partial charge in [-0.05, 0) is 77.1 Å². The van der Waals surface area contributed by atoms with Crippen molar-refractivity contribution < 1.29 is 45.8 Å². The minimum Gasteiger partial charge on any atom is -0.399 e. The first kappa shape index (κ1) is 53.5. The van der Waals surface area contributed by atoms with Crippen LogP contribution in [-0.4, -0.2) is 187 Å². The van der Waals surface area contributed by atoms with Crippen LogP contribution in [0.15, 0.2) is 29.5 Å². The van der Waals surface area contributed by atoms with Gasteiger partial charge in [0.2, 0.25) is 29.1 Å². The molecule has 7 fully saturated rings. The average Bonchev–Trinajstić information content (AvgIpc) is 3.89. The summed E-state index contributed by atoms with van der Waals surface area (Å²) in [5.41, 5.74) is 4.43. The van der Waals surface area contributed by atoms with Gasteiger partial charge in [0.05, 0.1) is 94.6 Å². The molecule has 2 N–H and O–H groups in total. The molecule has 11 heterocycles. The summed E-state index contributed by atoms with van der Waals surface area (Å²) < 4.78 is 88.1. The fourth-order valence-corrected chi connectivity index (χ4v) is 9.83. The molecular weight excluding hydrogens is 993 g/mol. The fraction of sp³-hybridized carbons (Fsp3) is 0.638. The van der Waals surface area contributed by atoms with Crippen LogP contribution in [0.3, 0.4) is 0 Å². The number of rotatable bonds is 10. The zero-order chi connectivity index (χ0) is 52.3. The van der Waals surface area contributed by atoms with Crippen LogP contribution in [0, 0.1) is 0 Å². The number of pyridine rings is 2. The third kappa shape index (κ3) is 12.0. The van der Waals surface area contributed by atoms with E-state index >= 15 is 0 Å². The van der Waals surface area contributed by atoms with Crippen molar-refractivity contribution >= 4 is 65.9 Å². The van der Waals surface area contributed by atoms with Gasteiger partial charge in [-0.2, -0.15) is 29.9 Å². The molecule has 27 heteroatoms. The highest BCUT2D eigenvalue weighted by Crippen LogP contribution is 2.39. The van der Waals surface area contributed by atoms with E-state index in [0.29, 0.717) is 88.6 Å². The molecule has 4 aromatic heterocycles. The molecule has 4 atom stereocenters. The second-order valence-corrected chi connectivity index (χ2v) is 20.4. The van der Waals surface area contributed by atoms with Crippen LogP contribution in [-0.2, 0) is 28.3 Å². The molecular formula is C47H63BClF4N15O6. The van der Waals surface area contributed by atoms with E-state index in [-0.39, 0.29) is 57.0 Å². The number of halogens is 5. The van der Waals surface area contributed by atoms with Crippen LogP contribution in [0.2, 0.25) is 5.28 Å². The van der Waals surface area contributed by atoms with Crippen molar-refractivity contribution in [3.05, 3.63) is 40.9 Å². The summed E-state index contributed by atoms with van der Waals surface area (Å²) in [7, 11) is 2.70. The summed E-state index contributed by atoms with van der Waals surface area (Å²) in [6.07, 6.45) is 3.01. The van der Waals surface area contributed by atoms with Gasteiger partial charge in [0.15, 0.2) is 11.6 Å². The molecule has 11 rings (SSSR count). The lowest BCUT2D eigenvalue weighted by molar-refractivity contribution is 0.00578. The third-order valence-electron chi connectivity index (χ3n) is 14.3. The number of aliphatic imine (C=N–C) groups is 1. The van der Waals surface area contributed by atoms with Crippen molar-refractivity contribution in [1.29, 1.82) is 0 Å². The molecule has 0 radical (unpaired) electrons. The minimum atomic E-state index is -2.73. The molecule has 0 saturated carbocycles. The van der Waals surface area contributed by atoms with Crippen molar-refractivity contribution in [3.8, 4) is 11.4 Å². The molecule has 21 nitrogen and oxygen atoms in total. The van der Waals surface area contributed by atoms with Gasteiger partial charge in [0, 0.05) is 74.8 Å². The van der Waals surface area contributed by atoms with E-state index in [1.54, 1.807) is 19.0 Å². The lowest BCUT2D eigenvalue weighted by atomic mass is 9.77. The van der Waals surface area contributed by atoms with E-state index in [1.807, 2.05) is 32.6 Å². The largest absolute Gasteiger partial charge is 0.496 e. The number of nitrogen functional groups attached to an aromatic ring is 1. The highest BCUT2D eigenvalue weighted by molar-refractivity contribution is 6.62. The summed E-state index contributed by atoms with van der Waals surface area (Å²) in [6, 6.07) is 3.52. The van der Waals surface area contributed by atoms with Gasteiger partial charge in [-0.25, -0.2) is 32.5 Å². The number of fused-ring (bicyclic) bond motifs is 4. The maximum atomic E-state index is 13.7. The van der Waals surface area contributed by atoms with Crippen molar-refractivity contribution in [2.75, 3.05) is 118 Å². The zero-order valence-corrected chi connectivity index (χ0v) is 43.2. The maximum absolute atomic E-state index is 13.7. The van der Waals surface area contributed by atoms with Gasteiger partial charge >= 0.3 is 7.12 Å². The average molecular weight is 1060 g/mol. The molecule has 7 aliphatic rings. The van der Waals surface area contributed by atoms with Gasteiger partial charge in [0.1, 0.15) is 5.82 Å². The third-order valence-corrected chi connectivity index (χ3v) is 14.4. The molecule has 0 aliphatic carbocycles. The lowest BCUT2D eigenvalue weighted by Crippen LogP contribution is -2.47. The van der Waals surface area contributed by atoms with Crippen LogP contribution < -0.4 is 30.8 Å². The van der Waals surface area contributed by atoms with E-state index in [1.165, 1.54) is 30.9 Å². The Kier molecular flexibility index (Phi) is 16.5. The Morgan fingerprint density at radius 3 is 1.64 bits per heavy atom. The lowest BCUT2D eigenvalue weighted by Gasteiger charge is -2.35. The molecule has 0 spiro atoms. The first-order valence-corrected chi connectivity index (χ1v) is 25.3. The van der Waals surface area contributed by atoms with Crippen LogP contribution in [0.4, 0.5) is 53.0 Å². The molecule has 74 heavy (non-hydrogen) atoms. The second-order valence-electron chi connectivity index (χ2n) is 20.1. The van der Waals surface area contributed by atoms with Crippen molar-refractivity contribution in [3.63, 3.8) is 0 Å². The smallest absolute Gasteiger partial charge is 0.399 e. The summed E-state index contributed by atoms with van der Waals surface area (Å²) >= 11 is 6.13. The van der Waals surface area contributed by atoms with Crippen LogP contribution in [0.25, 0.3) is 11.4 Å². The van der Waals surface area contributed by atoms with E-state index in [2.05, 4.69) is 54.6 Å². The Morgan fingerprint density at radius 2 is 1.14 bits per heavy atom.